The van der Waals surface area contributed by atoms with Gasteiger partial charge in [-0.2, -0.15) is 0 Å². The number of benzene rings is 2. The monoisotopic (exact) mass is 283 g/mol. The molecular weight excluding hydrogens is 258 g/mol. The van der Waals surface area contributed by atoms with Gasteiger partial charge in [-0.05, 0) is 56.5 Å². The topological polar surface area (TPSA) is 21.3 Å². The van der Waals surface area contributed by atoms with Gasteiger partial charge < -0.3 is 10.1 Å². The molecule has 1 N–H and O–H groups in total. The highest BCUT2D eigenvalue weighted by molar-refractivity contribution is 5.44. The van der Waals surface area contributed by atoms with E-state index in [-0.39, 0.29) is 0 Å². The van der Waals surface area contributed by atoms with Crippen LogP contribution in [0.25, 0.3) is 0 Å². The SMILES string of the molecule is CNC(Cc1ccc(C)cc1)c1cc(C)c(OC)c(C)c1. The summed E-state index contributed by atoms with van der Waals surface area (Å²) in [4.78, 5) is 0. The minimum atomic E-state index is 0.316. The van der Waals surface area contributed by atoms with Crippen molar-refractivity contribution in [1.82, 2.24) is 5.32 Å². The molecule has 0 aliphatic carbocycles. The van der Waals surface area contributed by atoms with E-state index in [9.17, 15) is 0 Å². The van der Waals surface area contributed by atoms with Crippen molar-refractivity contribution >= 4 is 0 Å². The van der Waals surface area contributed by atoms with E-state index in [4.69, 9.17) is 4.74 Å². The second kappa shape index (κ2) is 6.77. The van der Waals surface area contributed by atoms with E-state index >= 15 is 0 Å². The summed E-state index contributed by atoms with van der Waals surface area (Å²) in [6.07, 6.45) is 0.988. The smallest absolute Gasteiger partial charge is 0.124 e. The van der Waals surface area contributed by atoms with Crippen molar-refractivity contribution in [2.75, 3.05) is 14.2 Å². The zero-order chi connectivity index (χ0) is 15.4. The largest absolute Gasteiger partial charge is 0.496 e. The van der Waals surface area contributed by atoms with E-state index in [0.717, 1.165) is 12.2 Å². The summed E-state index contributed by atoms with van der Waals surface area (Å²) >= 11 is 0. The Balaban J connectivity index is 2.27. The molecule has 0 aliphatic rings. The van der Waals surface area contributed by atoms with Gasteiger partial charge in [-0.15, -0.1) is 0 Å². The Morgan fingerprint density at radius 1 is 1.00 bits per heavy atom. The second-order valence-electron chi connectivity index (χ2n) is 5.72. The van der Waals surface area contributed by atoms with Gasteiger partial charge in [-0.25, -0.2) is 0 Å². The van der Waals surface area contributed by atoms with Crippen molar-refractivity contribution in [2.24, 2.45) is 0 Å². The lowest BCUT2D eigenvalue weighted by atomic mass is 9.95. The van der Waals surface area contributed by atoms with Crippen LogP contribution in [0.5, 0.6) is 5.75 Å². The Morgan fingerprint density at radius 2 is 1.57 bits per heavy atom. The van der Waals surface area contributed by atoms with Crippen molar-refractivity contribution in [3.05, 3.63) is 64.2 Å². The first kappa shape index (κ1) is 15.6. The highest BCUT2D eigenvalue weighted by Gasteiger charge is 2.13. The number of nitrogens with one attached hydrogen (secondary N) is 1. The summed E-state index contributed by atoms with van der Waals surface area (Å²) in [7, 11) is 3.75. The Kier molecular flexibility index (Phi) is 5.03. The van der Waals surface area contributed by atoms with Gasteiger partial charge in [0.25, 0.3) is 0 Å². The molecule has 0 amide bonds. The van der Waals surface area contributed by atoms with Crippen LogP contribution in [0.1, 0.15) is 33.9 Å². The lowest BCUT2D eigenvalue weighted by Gasteiger charge is -2.20. The Morgan fingerprint density at radius 3 is 2.05 bits per heavy atom. The summed E-state index contributed by atoms with van der Waals surface area (Å²) in [5.41, 5.74) is 6.35. The first-order chi connectivity index (χ1) is 10.0. The van der Waals surface area contributed by atoms with Crippen molar-refractivity contribution < 1.29 is 4.74 Å². The summed E-state index contributed by atoms with van der Waals surface area (Å²) in [5.74, 6) is 0.990. The first-order valence-corrected chi connectivity index (χ1v) is 7.43. The maximum atomic E-state index is 5.46. The molecule has 112 valence electrons. The molecule has 1 unspecified atom stereocenters. The second-order valence-corrected chi connectivity index (χ2v) is 5.72. The third kappa shape index (κ3) is 3.64. The average Bonchev–Trinajstić information content (AvgIpc) is 2.46. The quantitative estimate of drug-likeness (QED) is 0.891. The molecule has 0 aromatic heterocycles. The van der Waals surface area contributed by atoms with Crippen molar-refractivity contribution in [3.8, 4) is 5.75 Å². The van der Waals surface area contributed by atoms with Crippen LogP contribution in [-0.2, 0) is 6.42 Å². The van der Waals surface area contributed by atoms with E-state index in [1.165, 1.54) is 27.8 Å². The molecule has 0 saturated carbocycles. The van der Waals surface area contributed by atoms with Crippen LogP contribution in [-0.4, -0.2) is 14.2 Å². The molecule has 21 heavy (non-hydrogen) atoms. The van der Waals surface area contributed by atoms with Gasteiger partial charge in [0.1, 0.15) is 5.75 Å². The van der Waals surface area contributed by atoms with Crippen LogP contribution in [0.2, 0.25) is 0 Å². The first-order valence-electron chi connectivity index (χ1n) is 7.43. The number of likely N-dealkylation sites (N-methyl/N-ethyl adjacent to an activating group) is 1. The summed E-state index contributed by atoms with van der Waals surface area (Å²) < 4.78 is 5.46. The Hall–Kier alpha value is -1.80. The van der Waals surface area contributed by atoms with Crippen molar-refractivity contribution in [2.45, 2.75) is 33.2 Å². The molecule has 2 aromatic rings. The van der Waals surface area contributed by atoms with Gasteiger partial charge in [0.05, 0.1) is 7.11 Å². The number of hydrogen-bond donors (Lipinski definition) is 1. The van der Waals surface area contributed by atoms with Gasteiger partial charge in [-0.3, -0.25) is 0 Å². The lowest BCUT2D eigenvalue weighted by molar-refractivity contribution is 0.408. The number of aryl methyl sites for hydroxylation is 3. The van der Waals surface area contributed by atoms with E-state index < -0.39 is 0 Å². The van der Waals surface area contributed by atoms with Crippen LogP contribution >= 0.6 is 0 Å². The molecule has 2 aromatic carbocycles. The predicted octanol–water partition coefficient (Wildman–Crippen LogP) is 4.12. The van der Waals surface area contributed by atoms with Crippen LogP contribution in [0.3, 0.4) is 0 Å². The maximum Gasteiger partial charge on any atom is 0.124 e. The van der Waals surface area contributed by atoms with E-state index in [1.807, 2.05) is 7.05 Å². The molecular formula is C19H25NO. The molecule has 2 rings (SSSR count). The van der Waals surface area contributed by atoms with Crippen LogP contribution in [0, 0.1) is 20.8 Å². The molecule has 0 spiro atoms. The van der Waals surface area contributed by atoms with Gasteiger partial charge in [-0.1, -0.05) is 42.0 Å². The third-order valence-electron chi connectivity index (χ3n) is 4.00. The lowest BCUT2D eigenvalue weighted by Crippen LogP contribution is -2.19. The minimum absolute atomic E-state index is 0.316. The minimum Gasteiger partial charge on any atom is -0.496 e. The summed E-state index contributed by atoms with van der Waals surface area (Å²) in [6.45, 7) is 6.33. The fraction of sp³-hybridized carbons (Fsp3) is 0.368. The van der Waals surface area contributed by atoms with E-state index in [2.05, 4.69) is 62.5 Å². The zero-order valence-electron chi connectivity index (χ0n) is 13.7. The van der Waals surface area contributed by atoms with Crippen molar-refractivity contribution in [3.63, 3.8) is 0 Å². The van der Waals surface area contributed by atoms with Crippen LogP contribution in [0.15, 0.2) is 36.4 Å². The zero-order valence-corrected chi connectivity index (χ0v) is 13.7. The molecule has 2 heteroatoms. The molecule has 1 atom stereocenters. The predicted molar refractivity (Wildman–Crippen MR) is 89.2 cm³/mol. The van der Waals surface area contributed by atoms with Gasteiger partial charge in [0, 0.05) is 6.04 Å². The third-order valence-corrected chi connectivity index (χ3v) is 4.00. The van der Waals surface area contributed by atoms with Crippen LogP contribution in [0.4, 0.5) is 0 Å². The normalized spacial score (nSPS) is 12.2. The standard InChI is InChI=1S/C19H25NO/c1-13-6-8-16(9-7-13)12-18(20-4)17-10-14(2)19(21-5)15(3)11-17/h6-11,18,20H,12H2,1-5H3. The van der Waals surface area contributed by atoms with Crippen molar-refractivity contribution in [1.29, 1.82) is 0 Å². The highest BCUT2D eigenvalue weighted by atomic mass is 16.5. The molecule has 0 fully saturated rings. The Labute approximate surface area is 128 Å². The number of ether oxygens (including phenoxy) is 1. The van der Waals surface area contributed by atoms with Gasteiger partial charge in [0.15, 0.2) is 0 Å². The maximum absolute atomic E-state index is 5.46. The molecule has 2 nitrogen and oxygen atoms in total. The number of rotatable bonds is 5. The number of methoxy groups -OCH3 is 1. The van der Waals surface area contributed by atoms with E-state index in [0.29, 0.717) is 6.04 Å². The van der Waals surface area contributed by atoms with Gasteiger partial charge in [0.2, 0.25) is 0 Å². The Bertz CT molecular complexity index is 578. The highest BCUT2D eigenvalue weighted by Crippen LogP contribution is 2.28. The summed E-state index contributed by atoms with van der Waals surface area (Å²) in [6, 6.07) is 13.5. The summed E-state index contributed by atoms with van der Waals surface area (Å²) in [5, 5.41) is 3.43. The fourth-order valence-corrected chi connectivity index (χ4v) is 2.85. The fourth-order valence-electron chi connectivity index (χ4n) is 2.85. The molecule has 0 radical (unpaired) electrons. The molecule has 0 saturated heterocycles. The average molecular weight is 283 g/mol. The molecule has 0 heterocycles. The van der Waals surface area contributed by atoms with Crippen LogP contribution < -0.4 is 10.1 Å². The van der Waals surface area contributed by atoms with Gasteiger partial charge >= 0.3 is 0 Å². The van der Waals surface area contributed by atoms with E-state index in [1.54, 1.807) is 7.11 Å². The number of hydrogen-bond acceptors (Lipinski definition) is 2. The molecule has 0 aliphatic heterocycles. The molecule has 0 bridgehead atoms.